The van der Waals surface area contributed by atoms with Crippen LogP contribution in [0.4, 0.5) is 0 Å². The van der Waals surface area contributed by atoms with Crippen molar-refractivity contribution < 1.29 is 0 Å². The van der Waals surface area contributed by atoms with Crippen LogP contribution in [0.3, 0.4) is 0 Å². The van der Waals surface area contributed by atoms with Crippen LogP contribution in [0.5, 0.6) is 0 Å². The predicted molar refractivity (Wildman–Crippen MR) is 193 cm³/mol. The van der Waals surface area contributed by atoms with E-state index in [4.69, 9.17) is 0 Å². The first kappa shape index (κ1) is 24.9. The van der Waals surface area contributed by atoms with Gasteiger partial charge in [0.15, 0.2) is 0 Å². The molecule has 0 aromatic heterocycles. The van der Waals surface area contributed by atoms with Gasteiger partial charge in [-0.2, -0.15) is 0 Å². The van der Waals surface area contributed by atoms with Crippen molar-refractivity contribution in [1.82, 2.24) is 0 Å². The summed E-state index contributed by atoms with van der Waals surface area (Å²) in [6.07, 6.45) is 0. The Hall–Kier alpha value is -5.37. The predicted octanol–water partition coefficient (Wildman–Crippen LogP) is 12.1. The summed E-state index contributed by atoms with van der Waals surface area (Å²) in [6.45, 7) is 0. The molecule has 0 saturated carbocycles. The van der Waals surface area contributed by atoms with Crippen LogP contribution in [-0.2, 0) is 5.41 Å². The Morgan fingerprint density at radius 1 is 0.391 bits per heavy atom. The summed E-state index contributed by atoms with van der Waals surface area (Å²) in [5.74, 6) is 0. The maximum atomic E-state index is 2.53. The minimum Gasteiger partial charge on any atom is -0.0881 e. The minimum absolute atomic E-state index is 0.394. The third-order valence-electron chi connectivity index (χ3n) is 10.7. The lowest BCUT2D eigenvalue weighted by Gasteiger charge is -2.32. The summed E-state index contributed by atoms with van der Waals surface area (Å²) >= 11 is 1.92. The maximum Gasteiger partial charge on any atom is 0.0731 e. The van der Waals surface area contributed by atoms with E-state index >= 15 is 0 Å². The van der Waals surface area contributed by atoms with E-state index in [2.05, 4.69) is 158 Å². The maximum absolute atomic E-state index is 2.53. The van der Waals surface area contributed by atoms with Crippen molar-refractivity contribution >= 4 is 33.3 Å². The molecule has 1 heteroatoms. The molecule has 212 valence electrons. The van der Waals surface area contributed by atoms with Crippen molar-refractivity contribution in [1.29, 1.82) is 0 Å². The largest absolute Gasteiger partial charge is 0.0881 e. The molecule has 11 rings (SSSR count). The standard InChI is InChI=1S/C45H26S/c1-2-13-30-27(10-1)22-25-36-33-15-4-6-20-39(33)45(43(30)36)38-19-5-3-14-32(38)34-24-23-29(26-40(34)45)31-16-9-18-37-35-17-7-11-28-12-8-21-41(42(28)35)46-44(31)37/h1-26H. The Kier molecular flexibility index (Phi) is 4.80. The van der Waals surface area contributed by atoms with E-state index in [1.807, 2.05) is 11.8 Å². The summed E-state index contributed by atoms with van der Waals surface area (Å²) in [6, 6.07) is 59.4. The highest BCUT2D eigenvalue weighted by molar-refractivity contribution is 8.00. The van der Waals surface area contributed by atoms with Crippen LogP contribution in [0, 0.1) is 0 Å². The van der Waals surface area contributed by atoms with Gasteiger partial charge in [-0.25, -0.2) is 0 Å². The summed E-state index contributed by atoms with van der Waals surface area (Å²) in [7, 11) is 0. The summed E-state index contributed by atoms with van der Waals surface area (Å²) in [5, 5.41) is 5.30. The van der Waals surface area contributed by atoms with E-state index < -0.39 is 5.41 Å². The zero-order chi connectivity index (χ0) is 30.0. The Balaban J connectivity index is 1.23. The van der Waals surface area contributed by atoms with Crippen LogP contribution in [0.1, 0.15) is 22.3 Å². The molecular formula is C45H26S. The number of benzene rings is 8. The van der Waals surface area contributed by atoms with Gasteiger partial charge in [-0.15, -0.1) is 0 Å². The van der Waals surface area contributed by atoms with Gasteiger partial charge in [-0.05, 0) is 95.1 Å². The second kappa shape index (κ2) is 8.88. The van der Waals surface area contributed by atoms with Crippen molar-refractivity contribution in [2.45, 2.75) is 15.2 Å². The van der Waals surface area contributed by atoms with Gasteiger partial charge in [0.25, 0.3) is 0 Å². The molecule has 0 nitrogen and oxygen atoms in total. The zero-order valence-corrected chi connectivity index (χ0v) is 25.7. The van der Waals surface area contributed by atoms with Gasteiger partial charge in [0.05, 0.1) is 5.41 Å². The molecule has 1 aliphatic heterocycles. The van der Waals surface area contributed by atoms with Gasteiger partial charge in [-0.1, -0.05) is 157 Å². The average Bonchev–Trinajstić information content (AvgIpc) is 3.59. The fraction of sp³-hybridized carbons (Fsp3) is 0.0222. The van der Waals surface area contributed by atoms with Crippen LogP contribution in [0.2, 0.25) is 0 Å². The van der Waals surface area contributed by atoms with Gasteiger partial charge < -0.3 is 0 Å². The Morgan fingerprint density at radius 2 is 1.00 bits per heavy atom. The molecule has 1 unspecified atom stereocenters. The first-order chi connectivity index (χ1) is 22.8. The van der Waals surface area contributed by atoms with E-state index in [1.54, 1.807) is 0 Å². The highest BCUT2D eigenvalue weighted by Crippen LogP contribution is 2.64. The molecule has 0 saturated heterocycles. The lowest BCUT2D eigenvalue weighted by molar-refractivity contribution is 0.801. The summed E-state index contributed by atoms with van der Waals surface area (Å²) in [5.41, 5.74) is 15.8. The Bertz CT molecular complexity index is 2610. The molecule has 2 aliphatic carbocycles. The topological polar surface area (TPSA) is 0 Å². The molecule has 0 radical (unpaired) electrons. The van der Waals surface area contributed by atoms with E-state index in [1.165, 1.54) is 98.1 Å². The molecule has 8 aromatic carbocycles. The quantitative estimate of drug-likeness (QED) is 0.181. The lowest BCUT2D eigenvalue weighted by atomic mass is 9.69. The Morgan fingerprint density at radius 3 is 1.87 bits per heavy atom. The number of fused-ring (bicyclic) bond motifs is 14. The molecule has 0 amide bonds. The van der Waals surface area contributed by atoms with Crippen LogP contribution in [0.25, 0.3) is 66.1 Å². The molecule has 1 heterocycles. The second-order valence-corrected chi connectivity index (χ2v) is 13.8. The van der Waals surface area contributed by atoms with E-state index in [-0.39, 0.29) is 0 Å². The fourth-order valence-corrected chi connectivity index (χ4v) is 10.2. The van der Waals surface area contributed by atoms with Gasteiger partial charge in [0, 0.05) is 15.2 Å². The smallest absolute Gasteiger partial charge is 0.0731 e. The highest BCUT2D eigenvalue weighted by atomic mass is 32.2. The third-order valence-corrected chi connectivity index (χ3v) is 11.9. The van der Waals surface area contributed by atoms with Gasteiger partial charge in [0.2, 0.25) is 0 Å². The van der Waals surface area contributed by atoms with E-state index in [9.17, 15) is 0 Å². The third kappa shape index (κ3) is 2.97. The first-order valence-electron chi connectivity index (χ1n) is 16.0. The average molecular weight is 599 g/mol. The number of rotatable bonds is 1. The lowest BCUT2D eigenvalue weighted by Crippen LogP contribution is -2.26. The van der Waals surface area contributed by atoms with Crippen molar-refractivity contribution in [3.63, 3.8) is 0 Å². The van der Waals surface area contributed by atoms with Gasteiger partial charge >= 0.3 is 0 Å². The molecule has 3 aliphatic rings. The second-order valence-electron chi connectivity index (χ2n) is 12.8. The van der Waals surface area contributed by atoms with Crippen LogP contribution in [0.15, 0.2) is 168 Å². The SMILES string of the molecule is c1ccc2c(c1)-c1ccc(-c3cccc4c3Sc3cccc5cccc-4c35)cc1C21c2ccccc2-c2ccc3ccccc3c21. The zero-order valence-electron chi connectivity index (χ0n) is 24.9. The molecule has 1 atom stereocenters. The van der Waals surface area contributed by atoms with Crippen LogP contribution >= 0.6 is 11.8 Å². The molecule has 0 N–H and O–H groups in total. The number of hydrogen-bond acceptors (Lipinski definition) is 1. The molecule has 46 heavy (non-hydrogen) atoms. The summed E-state index contributed by atoms with van der Waals surface area (Å²) in [4.78, 5) is 2.68. The van der Waals surface area contributed by atoms with Gasteiger partial charge in [-0.3, -0.25) is 0 Å². The number of hydrogen-bond donors (Lipinski definition) is 0. The van der Waals surface area contributed by atoms with Crippen molar-refractivity contribution in [3.05, 3.63) is 180 Å². The minimum atomic E-state index is -0.394. The molecule has 0 fully saturated rings. The monoisotopic (exact) mass is 598 g/mol. The van der Waals surface area contributed by atoms with E-state index in [0.717, 1.165) is 0 Å². The van der Waals surface area contributed by atoms with E-state index in [0.29, 0.717) is 0 Å². The van der Waals surface area contributed by atoms with Crippen molar-refractivity contribution in [2.24, 2.45) is 0 Å². The van der Waals surface area contributed by atoms with Crippen LogP contribution in [-0.4, -0.2) is 0 Å². The fourth-order valence-electron chi connectivity index (χ4n) is 8.90. The molecule has 1 spiro atoms. The first-order valence-corrected chi connectivity index (χ1v) is 16.8. The highest BCUT2D eigenvalue weighted by Gasteiger charge is 2.52. The van der Waals surface area contributed by atoms with Crippen molar-refractivity contribution in [2.75, 3.05) is 0 Å². The molecule has 8 aromatic rings. The normalized spacial score (nSPS) is 16.3. The summed E-state index contributed by atoms with van der Waals surface area (Å²) < 4.78 is 0. The molecular weight excluding hydrogens is 573 g/mol. The van der Waals surface area contributed by atoms with Crippen molar-refractivity contribution in [3.8, 4) is 44.5 Å². The molecule has 0 bridgehead atoms. The Labute approximate surface area is 272 Å². The van der Waals surface area contributed by atoms with Crippen LogP contribution < -0.4 is 0 Å². The van der Waals surface area contributed by atoms with Gasteiger partial charge in [0.1, 0.15) is 0 Å².